The summed E-state index contributed by atoms with van der Waals surface area (Å²) in [6.45, 7) is 2.30. The fourth-order valence-corrected chi connectivity index (χ4v) is 3.47. The normalized spacial score (nSPS) is 16.0. The van der Waals surface area contributed by atoms with Crippen LogP contribution in [0.1, 0.15) is 19.8 Å². The molecular weight excluding hydrogens is 274 g/mol. The Hall–Kier alpha value is -1.21. The molecule has 2 rings (SSSR count). The summed E-state index contributed by atoms with van der Waals surface area (Å²) >= 11 is 0. The molecule has 0 heterocycles. The second-order valence-corrected chi connectivity index (χ2v) is 6.61. The number of nitrogen functional groups attached to an aromatic ring is 1. The molecule has 0 unspecified atom stereocenters. The van der Waals surface area contributed by atoms with Crippen LogP contribution in [0.4, 0.5) is 14.5 Å². The van der Waals surface area contributed by atoms with Gasteiger partial charge in [-0.3, -0.25) is 0 Å². The van der Waals surface area contributed by atoms with E-state index < -0.39 is 26.6 Å². The maximum atomic E-state index is 13.7. The Balaban J connectivity index is 2.39. The van der Waals surface area contributed by atoms with Crippen LogP contribution in [-0.4, -0.2) is 25.8 Å². The first-order chi connectivity index (χ1) is 8.86. The fraction of sp³-hybridized carbons (Fsp3) is 0.500. The van der Waals surface area contributed by atoms with E-state index in [0.29, 0.717) is 18.5 Å². The van der Waals surface area contributed by atoms with E-state index in [1.54, 1.807) is 6.92 Å². The standard InChI is InChI=1S/C12H16F2N2O2S/c1-2-16(7-8-3-4-8)19(17,18)12-6-11(15)9(13)5-10(12)14/h5-6,8H,2-4,7,15H2,1H3. The van der Waals surface area contributed by atoms with Crippen molar-refractivity contribution in [2.24, 2.45) is 5.92 Å². The van der Waals surface area contributed by atoms with Gasteiger partial charge in [-0.25, -0.2) is 17.2 Å². The average Bonchev–Trinajstić information content (AvgIpc) is 3.14. The Morgan fingerprint density at radius 2 is 1.95 bits per heavy atom. The third kappa shape index (κ3) is 2.87. The summed E-state index contributed by atoms with van der Waals surface area (Å²) in [5.41, 5.74) is 4.94. The lowest BCUT2D eigenvalue weighted by Crippen LogP contribution is -2.33. The topological polar surface area (TPSA) is 63.4 Å². The van der Waals surface area contributed by atoms with Crippen LogP contribution in [0.25, 0.3) is 0 Å². The average molecular weight is 290 g/mol. The molecule has 2 N–H and O–H groups in total. The Kier molecular flexibility index (Phi) is 3.78. The lowest BCUT2D eigenvalue weighted by molar-refractivity contribution is 0.408. The second-order valence-electron chi connectivity index (χ2n) is 4.70. The van der Waals surface area contributed by atoms with Crippen molar-refractivity contribution in [1.29, 1.82) is 0 Å². The van der Waals surface area contributed by atoms with E-state index in [0.717, 1.165) is 18.9 Å². The Morgan fingerprint density at radius 1 is 1.32 bits per heavy atom. The predicted molar refractivity (Wildman–Crippen MR) is 67.9 cm³/mol. The lowest BCUT2D eigenvalue weighted by Gasteiger charge is -2.20. The zero-order valence-corrected chi connectivity index (χ0v) is 11.4. The summed E-state index contributed by atoms with van der Waals surface area (Å²) < 4.78 is 52.6. The summed E-state index contributed by atoms with van der Waals surface area (Å²) in [6, 6.07) is 1.35. The van der Waals surface area contributed by atoms with Crippen molar-refractivity contribution in [3.8, 4) is 0 Å². The van der Waals surface area contributed by atoms with Crippen molar-refractivity contribution < 1.29 is 17.2 Å². The van der Waals surface area contributed by atoms with Gasteiger partial charge < -0.3 is 5.73 Å². The van der Waals surface area contributed by atoms with Gasteiger partial charge in [0.1, 0.15) is 16.5 Å². The van der Waals surface area contributed by atoms with Gasteiger partial charge in [0.2, 0.25) is 10.0 Å². The van der Waals surface area contributed by atoms with E-state index in [1.807, 2.05) is 0 Å². The van der Waals surface area contributed by atoms with Gasteiger partial charge in [-0.2, -0.15) is 4.31 Å². The maximum absolute atomic E-state index is 13.7. The van der Waals surface area contributed by atoms with Crippen LogP contribution < -0.4 is 5.73 Å². The highest BCUT2D eigenvalue weighted by molar-refractivity contribution is 7.89. The first-order valence-corrected chi connectivity index (χ1v) is 7.55. The number of rotatable bonds is 5. The van der Waals surface area contributed by atoms with Crippen LogP contribution in [0.5, 0.6) is 0 Å². The van der Waals surface area contributed by atoms with Crippen molar-refractivity contribution in [3.63, 3.8) is 0 Å². The van der Waals surface area contributed by atoms with E-state index in [1.165, 1.54) is 4.31 Å². The molecule has 1 aliphatic carbocycles. The first-order valence-electron chi connectivity index (χ1n) is 6.11. The highest BCUT2D eigenvalue weighted by Gasteiger charge is 2.32. The van der Waals surface area contributed by atoms with Crippen LogP contribution in [0, 0.1) is 17.6 Å². The van der Waals surface area contributed by atoms with Crippen molar-refractivity contribution >= 4 is 15.7 Å². The van der Waals surface area contributed by atoms with Gasteiger partial charge in [0.05, 0.1) is 5.69 Å². The van der Waals surface area contributed by atoms with Gasteiger partial charge in [0.15, 0.2) is 0 Å². The number of benzene rings is 1. The smallest absolute Gasteiger partial charge is 0.246 e. The van der Waals surface area contributed by atoms with E-state index >= 15 is 0 Å². The minimum Gasteiger partial charge on any atom is -0.396 e. The molecule has 1 aromatic carbocycles. The van der Waals surface area contributed by atoms with Crippen molar-refractivity contribution in [3.05, 3.63) is 23.8 Å². The number of nitrogens with two attached hydrogens (primary N) is 1. The molecule has 106 valence electrons. The van der Waals surface area contributed by atoms with Crippen LogP contribution in [0.15, 0.2) is 17.0 Å². The van der Waals surface area contributed by atoms with Gasteiger partial charge in [0, 0.05) is 19.2 Å². The van der Waals surface area contributed by atoms with Gasteiger partial charge in [0.25, 0.3) is 0 Å². The molecule has 0 atom stereocenters. The Morgan fingerprint density at radius 3 is 2.47 bits per heavy atom. The zero-order valence-electron chi connectivity index (χ0n) is 10.6. The number of nitrogens with zero attached hydrogens (tertiary/aromatic N) is 1. The molecule has 7 heteroatoms. The number of anilines is 1. The molecule has 0 spiro atoms. The van der Waals surface area contributed by atoms with E-state index in [4.69, 9.17) is 5.73 Å². The molecule has 1 saturated carbocycles. The summed E-state index contributed by atoms with van der Waals surface area (Å²) in [5, 5.41) is 0. The highest BCUT2D eigenvalue weighted by atomic mass is 32.2. The first kappa shape index (κ1) is 14.2. The number of hydrogen-bond donors (Lipinski definition) is 1. The molecule has 1 aliphatic rings. The molecule has 0 aliphatic heterocycles. The molecule has 1 aromatic rings. The quantitative estimate of drug-likeness (QED) is 0.843. The minimum absolute atomic E-state index is 0.246. The molecular formula is C12H16F2N2O2S. The third-order valence-electron chi connectivity index (χ3n) is 3.18. The third-order valence-corrected chi connectivity index (χ3v) is 5.14. The number of sulfonamides is 1. The van der Waals surface area contributed by atoms with Gasteiger partial charge in [-0.15, -0.1) is 0 Å². The molecule has 19 heavy (non-hydrogen) atoms. The van der Waals surface area contributed by atoms with Crippen molar-refractivity contribution in [2.45, 2.75) is 24.7 Å². The van der Waals surface area contributed by atoms with E-state index in [2.05, 4.69) is 0 Å². The van der Waals surface area contributed by atoms with Gasteiger partial charge >= 0.3 is 0 Å². The van der Waals surface area contributed by atoms with E-state index in [-0.39, 0.29) is 12.2 Å². The SMILES string of the molecule is CCN(CC1CC1)S(=O)(=O)c1cc(N)c(F)cc1F. The molecule has 1 fully saturated rings. The van der Waals surface area contributed by atoms with E-state index in [9.17, 15) is 17.2 Å². The summed E-state index contributed by atoms with van der Waals surface area (Å²) in [6.07, 6.45) is 1.97. The molecule has 0 radical (unpaired) electrons. The molecule has 0 aromatic heterocycles. The molecule has 0 bridgehead atoms. The van der Waals surface area contributed by atoms with Crippen LogP contribution >= 0.6 is 0 Å². The summed E-state index contributed by atoms with van der Waals surface area (Å²) in [4.78, 5) is -0.561. The second kappa shape index (κ2) is 5.05. The summed E-state index contributed by atoms with van der Waals surface area (Å²) in [5.74, 6) is -1.72. The predicted octanol–water partition coefficient (Wildman–Crippen LogP) is 1.97. The maximum Gasteiger partial charge on any atom is 0.246 e. The summed E-state index contributed by atoms with van der Waals surface area (Å²) in [7, 11) is -3.96. The number of halogens is 2. The van der Waals surface area contributed by atoms with Crippen LogP contribution in [-0.2, 0) is 10.0 Å². The highest BCUT2D eigenvalue weighted by Crippen LogP contribution is 2.32. The Labute approximate surface area is 111 Å². The lowest BCUT2D eigenvalue weighted by atomic mass is 10.3. The van der Waals surface area contributed by atoms with Crippen LogP contribution in [0.2, 0.25) is 0 Å². The zero-order chi connectivity index (χ0) is 14.2. The minimum atomic E-state index is -3.96. The number of hydrogen-bond acceptors (Lipinski definition) is 3. The van der Waals surface area contributed by atoms with Gasteiger partial charge in [-0.05, 0) is 24.8 Å². The molecule has 4 nitrogen and oxygen atoms in total. The van der Waals surface area contributed by atoms with Crippen molar-refractivity contribution in [2.75, 3.05) is 18.8 Å². The largest absolute Gasteiger partial charge is 0.396 e. The van der Waals surface area contributed by atoms with Crippen molar-refractivity contribution in [1.82, 2.24) is 4.31 Å². The monoisotopic (exact) mass is 290 g/mol. The Bertz CT molecular complexity index is 586. The fourth-order valence-electron chi connectivity index (χ4n) is 1.87. The molecule has 0 saturated heterocycles. The molecule has 0 amide bonds. The van der Waals surface area contributed by atoms with Gasteiger partial charge in [-0.1, -0.05) is 6.92 Å². The van der Waals surface area contributed by atoms with Crippen LogP contribution in [0.3, 0.4) is 0 Å².